The molecule has 1 aliphatic rings. The minimum absolute atomic E-state index is 0.00635. The number of carbonyl (C=O) groups excluding carboxylic acids is 2. The molecule has 0 saturated heterocycles. The Kier molecular flexibility index (Phi) is 7.13. The lowest BCUT2D eigenvalue weighted by Gasteiger charge is -2.11. The Morgan fingerprint density at radius 1 is 0.865 bits per heavy atom. The van der Waals surface area contributed by atoms with E-state index in [2.05, 4.69) is 10.6 Å². The molecule has 3 aromatic carbocycles. The number of alkyl halides is 5. The molecule has 2 atom stereocenters. The van der Waals surface area contributed by atoms with Crippen LogP contribution in [0, 0.1) is 23.4 Å². The van der Waals surface area contributed by atoms with Gasteiger partial charge in [-0.15, -0.1) is 23.2 Å². The number of amides is 2. The first-order valence-corrected chi connectivity index (χ1v) is 11.4. The first kappa shape index (κ1) is 27.1. The van der Waals surface area contributed by atoms with Crippen LogP contribution in [0.2, 0.25) is 5.02 Å². The molecule has 3 aromatic rings. The van der Waals surface area contributed by atoms with Crippen LogP contribution >= 0.6 is 34.8 Å². The van der Waals surface area contributed by atoms with Crippen molar-refractivity contribution in [3.05, 3.63) is 93.8 Å². The highest BCUT2D eigenvalue weighted by molar-refractivity contribution is 6.53. The molecule has 194 valence electrons. The van der Waals surface area contributed by atoms with Crippen LogP contribution in [0.25, 0.3) is 0 Å². The minimum atomic E-state index is -4.90. The molecule has 4 rings (SSSR count). The molecule has 1 saturated carbocycles. The van der Waals surface area contributed by atoms with Crippen molar-refractivity contribution < 1.29 is 35.9 Å². The smallest absolute Gasteiger partial charge is 0.326 e. The Bertz CT molecular complexity index is 1410. The minimum Gasteiger partial charge on any atom is -0.326 e. The van der Waals surface area contributed by atoms with Gasteiger partial charge in [-0.3, -0.25) is 9.59 Å². The molecule has 0 bridgehead atoms. The fraction of sp³-hybridized carbons (Fsp3) is 0.167. The number of carbonyl (C=O) groups is 2. The van der Waals surface area contributed by atoms with Gasteiger partial charge in [0.2, 0.25) is 5.91 Å². The standard InChI is InChI=1S/C24H13Cl3F6N2O2/c25-15-5-3-12(9-13(15)21(36)35-18-6-2-11(28)8-17(18)30)34-22(37)20-19(23(20,26)27)10-1-4-14(16(29)7-10)24(31,32)33/h1-9,19-20H,(H,34,37)(H,35,36)/t19-,20+/m0/s1. The number of benzene rings is 3. The van der Waals surface area contributed by atoms with E-state index in [1.165, 1.54) is 18.2 Å². The average Bonchev–Trinajstić information content (AvgIpc) is 3.38. The summed E-state index contributed by atoms with van der Waals surface area (Å²) in [5.41, 5.74) is -1.89. The molecule has 2 amide bonds. The van der Waals surface area contributed by atoms with E-state index in [1.54, 1.807) is 0 Å². The van der Waals surface area contributed by atoms with Gasteiger partial charge < -0.3 is 10.6 Å². The zero-order valence-corrected chi connectivity index (χ0v) is 20.3. The first-order valence-electron chi connectivity index (χ1n) is 10.3. The maximum Gasteiger partial charge on any atom is 0.419 e. The second-order valence-corrected chi connectivity index (χ2v) is 9.98. The van der Waals surface area contributed by atoms with Crippen LogP contribution in [0.3, 0.4) is 0 Å². The Balaban J connectivity index is 1.51. The normalized spacial score (nSPS) is 18.3. The summed E-state index contributed by atoms with van der Waals surface area (Å²) in [6.45, 7) is 0. The Hall–Kier alpha value is -2.95. The molecule has 0 heterocycles. The molecule has 0 unspecified atom stereocenters. The van der Waals surface area contributed by atoms with Gasteiger partial charge in [-0.25, -0.2) is 13.2 Å². The van der Waals surface area contributed by atoms with Crippen molar-refractivity contribution in [3.8, 4) is 0 Å². The molecule has 0 radical (unpaired) electrons. The van der Waals surface area contributed by atoms with E-state index < -0.39 is 57.2 Å². The maximum absolute atomic E-state index is 14.0. The van der Waals surface area contributed by atoms with E-state index in [0.29, 0.717) is 18.2 Å². The molecular formula is C24H13Cl3F6N2O2. The van der Waals surface area contributed by atoms with Crippen LogP contribution in [-0.2, 0) is 11.0 Å². The number of nitrogens with one attached hydrogen (secondary N) is 2. The number of hydrogen-bond acceptors (Lipinski definition) is 2. The Morgan fingerprint density at radius 3 is 2.19 bits per heavy atom. The highest BCUT2D eigenvalue weighted by Gasteiger charge is 2.67. The van der Waals surface area contributed by atoms with E-state index in [0.717, 1.165) is 18.2 Å². The third-order valence-corrected chi connectivity index (χ3v) is 6.92. The van der Waals surface area contributed by atoms with Crippen molar-refractivity contribution in [2.45, 2.75) is 16.4 Å². The molecule has 13 heteroatoms. The lowest BCUT2D eigenvalue weighted by molar-refractivity contribution is -0.140. The molecule has 0 spiro atoms. The fourth-order valence-corrected chi connectivity index (χ4v) is 4.83. The number of anilines is 2. The number of halogens is 9. The molecule has 37 heavy (non-hydrogen) atoms. The van der Waals surface area contributed by atoms with Gasteiger partial charge in [0.25, 0.3) is 5.91 Å². The Labute approximate surface area is 220 Å². The molecule has 0 aromatic heterocycles. The summed E-state index contributed by atoms with van der Waals surface area (Å²) < 4.78 is 77.8. The largest absolute Gasteiger partial charge is 0.419 e. The summed E-state index contributed by atoms with van der Waals surface area (Å²) in [7, 11) is 0. The van der Waals surface area contributed by atoms with E-state index in [4.69, 9.17) is 34.8 Å². The van der Waals surface area contributed by atoms with Crippen LogP contribution in [-0.4, -0.2) is 16.1 Å². The topological polar surface area (TPSA) is 58.2 Å². The van der Waals surface area contributed by atoms with E-state index >= 15 is 0 Å². The van der Waals surface area contributed by atoms with Crippen LogP contribution < -0.4 is 10.6 Å². The maximum atomic E-state index is 14.0. The van der Waals surface area contributed by atoms with Gasteiger partial charge in [-0.2, -0.15) is 13.2 Å². The lowest BCUT2D eigenvalue weighted by atomic mass is 10.1. The van der Waals surface area contributed by atoms with Gasteiger partial charge in [0.15, 0.2) is 0 Å². The second-order valence-electron chi connectivity index (χ2n) is 8.13. The van der Waals surface area contributed by atoms with E-state index in [-0.39, 0.29) is 27.5 Å². The van der Waals surface area contributed by atoms with Crippen molar-refractivity contribution in [2.24, 2.45) is 5.92 Å². The molecular weight excluding hydrogens is 569 g/mol. The lowest BCUT2D eigenvalue weighted by Crippen LogP contribution is -2.18. The van der Waals surface area contributed by atoms with Crippen LogP contribution in [0.1, 0.15) is 27.4 Å². The summed E-state index contributed by atoms with van der Waals surface area (Å²) in [5.74, 6) is -7.18. The van der Waals surface area contributed by atoms with Gasteiger partial charge in [-0.1, -0.05) is 17.7 Å². The van der Waals surface area contributed by atoms with Crippen molar-refractivity contribution in [2.75, 3.05) is 10.6 Å². The Morgan fingerprint density at radius 2 is 1.57 bits per heavy atom. The van der Waals surface area contributed by atoms with Crippen molar-refractivity contribution in [1.82, 2.24) is 0 Å². The highest BCUT2D eigenvalue weighted by atomic mass is 35.5. The molecule has 4 nitrogen and oxygen atoms in total. The quantitative estimate of drug-likeness (QED) is 0.241. The summed E-state index contributed by atoms with van der Waals surface area (Å²) in [6, 6.07) is 8.48. The van der Waals surface area contributed by atoms with Crippen LogP contribution in [0.15, 0.2) is 54.6 Å². The predicted molar refractivity (Wildman–Crippen MR) is 126 cm³/mol. The highest BCUT2D eigenvalue weighted by Crippen LogP contribution is 2.65. The SMILES string of the molecule is O=C(Nc1ccc(F)cc1F)c1cc(NC(=O)[C@H]2[C@H](c3ccc(C(F)(F)F)c(F)c3)C2(Cl)Cl)ccc1Cl. The van der Waals surface area contributed by atoms with Crippen LogP contribution in [0.4, 0.5) is 37.7 Å². The predicted octanol–water partition coefficient (Wildman–Crippen LogP) is 7.55. The third-order valence-electron chi connectivity index (χ3n) is 5.65. The van der Waals surface area contributed by atoms with Gasteiger partial charge >= 0.3 is 6.18 Å². The average molecular weight is 582 g/mol. The molecule has 1 fully saturated rings. The van der Waals surface area contributed by atoms with E-state index in [1.807, 2.05) is 0 Å². The van der Waals surface area contributed by atoms with Gasteiger partial charge in [-0.05, 0) is 48.0 Å². The third kappa shape index (κ3) is 5.51. The summed E-state index contributed by atoms with van der Waals surface area (Å²) in [4.78, 5) is 25.4. The zero-order valence-electron chi connectivity index (χ0n) is 18.1. The second kappa shape index (κ2) is 9.74. The summed E-state index contributed by atoms with van der Waals surface area (Å²) in [6.07, 6.45) is -4.90. The van der Waals surface area contributed by atoms with Gasteiger partial charge in [0, 0.05) is 17.7 Å². The van der Waals surface area contributed by atoms with Gasteiger partial charge in [0.1, 0.15) is 21.8 Å². The van der Waals surface area contributed by atoms with E-state index in [9.17, 15) is 35.9 Å². The van der Waals surface area contributed by atoms with Crippen molar-refractivity contribution in [1.29, 1.82) is 0 Å². The van der Waals surface area contributed by atoms with Crippen LogP contribution in [0.5, 0.6) is 0 Å². The summed E-state index contributed by atoms with van der Waals surface area (Å²) in [5, 5.41) is 4.66. The fourth-order valence-electron chi connectivity index (χ4n) is 3.80. The monoisotopic (exact) mass is 580 g/mol. The van der Waals surface area contributed by atoms with Crippen molar-refractivity contribution >= 4 is 58.0 Å². The molecule has 2 N–H and O–H groups in total. The van der Waals surface area contributed by atoms with Gasteiger partial charge in [0.05, 0.1) is 27.8 Å². The molecule has 0 aliphatic heterocycles. The zero-order chi connectivity index (χ0) is 27.3. The molecule has 1 aliphatic carbocycles. The number of rotatable bonds is 5. The summed E-state index contributed by atoms with van der Waals surface area (Å²) >= 11 is 18.4. The number of hydrogen-bond donors (Lipinski definition) is 2. The van der Waals surface area contributed by atoms with Crippen molar-refractivity contribution in [3.63, 3.8) is 0 Å². The first-order chi connectivity index (χ1) is 17.2.